The third-order valence-electron chi connectivity index (χ3n) is 3.21. The van der Waals surface area contributed by atoms with Crippen LogP contribution in [0.25, 0.3) is 0 Å². The lowest BCUT2D eigenvalue weighted by molar-refractivity contribution is -0.153. The van der Waals surface area contributed by atoms with Crippen molar-refractivity contribution in [3.63, 3.8) is 0 Å². The van der Waals surface area contributed by atoms with Crippen LogP contribution in [0.15, 0.2) is 29.4 Å². The first-order valence-corrected chi connectivity index (χ1v) is 6.75. The highest BCUT2D eigenvalue weighted by Crippen LogP contribution is 2.22. The minimum Gasteiger partial charge on any atom is -0.497 e. The van der Waals surface area contributed by atoms with Gasteiger partial charge in [-0.15, -0.1) is 0 Å². The molecule has 0 unspecified atom stereocenters. The van der Waals surface area contributed by atoms with Crippen molar-refractivity contribution in [2.45, 2.75) is 26.3 Å². The zero-order chi connectivity index (χ0) is 15.4. The predicted molar refractivity (Wildman–Crippen MR) is 77.1 cm³/mol. The molecule has 1 aromatic carbocycles. The minimum absolute atomic E-state index is 0.277. The summed E-state index contributed by atoms with van der Waals surface area (Å²) >= 11 is 0. The van der Waals surface area contributed by atoms with E-state index >= 15 is 0 Å². The van der Waals surface area contributed by atoms with Gasteiger partial charge in [-0.25, -0.2) is 9.80 Å². The summed E-state index contributed by atoms with van der Waals surface area (Å²) in [6.45, 7) is 3.39. The van der Waals surface area contributed by atoms with Crippen molar-refractivity contribution >= 4 is 17.6 Å². The Bertz CT molecular complexity index is 566. The molecular weight excluding hydrogens is 272 g/mol. The van der Waals surface area contributed by atoms with Crippen molar-refractivity contribution in [1.82, 2.24) is 5.01 Å². The van der Waals surface area contributed by atoms with Crippen LogP contribution >= 0.6 is 0 Å². The molecule has 1 aromatic rings. The largest absolute Gasteiger partial charge is 0.497 e. The number of carbonyl (C=O) groups excluding carboxylic acids is 2. The summed E-state index contributed by atoms with van der Waals surface area (Å²) < 4.78 is 10.1. The lowest BCUT2D eigenvalue weighted by Crippen LogP contribution is -2.38. The molecule has 0 bridgehead atoms. The molecule has 1 heterocycles. The van der Waals surface area contributed by atoms with Crippen molar-refractivity contribution in [3.8, 4) is 5.75 Å². The van der Waals surface area contributed by atoms with Gasteiger partial charge in [-0.05, 0) is 36.8 Å². The van der Waals surface area contributed by atoms with Gasteiger partial charge in [0, 0.05) is 13.3 Å². The summed E-state index contributed by atoms with van der Waals surface area (Å²) in [6, 6.07) is 6.65. The lowest BCUT2D eigenvalue weighted by atomic mass is 10.0. The second-order valence-electron chi connectivity index (χ2n) is 4.61. The van der Waals surface area contributed by atoms with Gasteiger partial charge in [0.1, 0.15) is 5.75 Å². The second kappa shape index (κ2) is 6.39. The van der Waals surface area contributed by atoms with Crippen LogP contribution in [0.1, 0.15) is 25.8 Å². The SMILES string of the molecule is CCOC(=O)[C@H]1CC(c2ccc(OC)cc2)=NN1C(C)=O. The van der Waals surface area contributed by atoms with Gasteiger partial charge in [-0.3, -0.25) is 4.79 Å². The highest BCUT2D eigenvalue weighted by Gasteiger charge is 2.36. The molecule has 1 aliphatic rings. The average molecular weight is 290 g/mol. The fraction of sp³-hybridized carbons (Fsp3) is 0.400. The van der Waals surface area contributed by atoms with Gasteiger partial charge in [-0.2, -0.15) is 5.10 Å². The van der Waals surface area contributed by atoms with Gasteiger partial charge in [0.2, 0.25) is 5.91 Å². The van der Waals surface area contributed by atoms with E-state index < -0.39 is 12.0 Å². The Balaban J connectivity index is 2.22. The molecule has 0 spiro atoms. The topological polar surface area (TPSA) is 68.2 Å². The molecule has 0 saturated carbocycles. The van der Waals surface area contributed by atoms with Gasteiger partial charge in [-0.1, -0.05) is 0 Å². The Hall–Kier alpha value is -2.37. The van der Waals surface area contributed by atoms with E-state index in [-0.39, 0.29) is 12.5 Å². The van der Waals surface area contributed by atoms with Crippen molar-refractivity contribution in [3.05, 3.63) is 29.8 Å². The van der Waals surface area contributed by atoms with Crippen LogP contribution in [0, 0.1) is 0 Å². The Morgan fingerprint density at radius 3 is 2.52 bits per heavy atom. The minimum atomic E-state index is -0.681. The van der Waals surface area contributed by atoms with Gasteiger partial charge in [0.15, 0.2) is 6.04 Å². The first-order chi connectivity index (χ1) is 10.1. The third-order valence-corrected chi connectivity index (χ3v) is 3.21. The number of hydrazone groups is 1. The molecule has 0 aliphatic carbocycles. The van der Waals surface area contributed by atoms with Crippen LogP contribution in [0.3, 0.4) is 0 Å². The van der Waals surface area contributed by atoms with E-state index in [2.05, 4.69) is 5.10 Å². The van der Waals surface area contributed by atoms with E-state index in [4.69, 9.17) is 9.47 Å². The van der Waals surface area contributed by atoms with Crippen LogP contribution in [0.5, 0.6) is 5.75 Å². The molecule has 0 radical (unpaired) electrons. The Labute approximate surface area is 123 Å². The quantitative estimate of drug-likeness (QED) is 0.790. The number of hydrogen-bond acceptors (Lipinski definition) is 5. The van der Waals surface area contributed by atoms with E-state index in [0.717, 1.165) is 11.3 Å². The molecule has 2 rings (SSSR count). The van der Waals surface area contributed by atoms with Crippen LogP contribution < -0.4 is 4.74 Å². The molecule has 0 N–H and O–H groups in total. The number of nitrogens with zero attached hydrogens (tertiary/aromatic N) is 2. The normalized spacial score (nSPS) is 17.4. The smallest absolute Gasteiger partial charge is 0.331 e. The molecule has 0 saturated heterocycles. The summed E-state index contributed by atoms with van der Waals surface area (Å²) in [6.07, 6.45) is 0.352. The van der Waals surface area contributed by atoms with E-state index in [1.165, 1.54) is 11.9 Å². The van der Waals surface area contributed by atoms with Crippen LogP contribution in [0.2, 0.25) is 0 Å². The van der Waals surface area contributed by atoms with E-state index in [9.17, 15) is 9.59 Å². The number of carbonyl (C=O) groups is 2. The monoisotopic (exact) mass is 290 g/mol. The number of rotatable bonds is 4. The van der Waals surface area contributed by atoms with Crippen molar-refractivity contribution in [1.29, 1.82) is 0 Å². The summed E-state index contributed by atoms with van der Waals surface area (Å²) in [5.41, 5.74) is 1.54. The molecule has 21 heavy (non-hydrogen) atoms. The number of amides is 1. The first kappa shape index (κ1) is 15.0. The lowest BCUT2D eigenvalue weighted by Gasteiger charge is -2.17. The molecule has 1 amide bonds. The molecule has 6 nitrogen and oxygen atoms in total. The molecule has 1 aliphatic heterocycles. The Kier molecular flexibility index (Phi) is 4.57. The van der Waals surface area contributed by atoms with Gasteiger partial charge in [0.05, 0.1) is 19.4 Å². The second-order valence-corrected chi connectivity index (χ2v) is 4.61. The maximum atomic E-state index is 11.9. The Morgan fingerprint density at radius 1 is 1.33 bits per heavy atom. The number of ether oxygens (including phenoxy) is 2. The van der Waals surface area contributed by atoms with Gasteiger partial charge < -0.3 is 9.47 Å². The van der Waals surface area contributed by atoms with E-state index in [1.54, 1.807) is 14.0 Å². The molecule has 112 valence electrons. The number of hydrogen-bond donors (Lipinski definition) is 0. The molecular formula is C15H18N2O4. The number of esters is 1. The van der Waals surface area contributed by atoms with Crippen LogP contribution in [-0.4, -0.2) is 42.4 Å². The third kappa shape index (κ3) is 3.21. The zero-order valence-corrected chi connectivity index (χ0v) is 12.3. The van der Waals surface area contributed by atoms with E-state index in [0.29, 0.717) is 12.1 Å². The van der Waals surface area contributed by atoms with Crippen LogP contribution in [-0.2, 0) is 14.3 Å². The number of benzene rings is 1. The van der Waals surface area contributed by atoms with Crippen LogP contribution in [0.4, 0.5) is 0 Å². The van der Waals surface area contributed by atoms with E-state index in [1.807, 2.05) is 24.3 Å². The first-order valence-electron chi connectivity index (χ1n) is 6.75. The zero-order valence-electron chi connectivity index (χ0n) is 12.3. The summed E-state index contributed by atoms with van der Waals surface area (Å²) in [4.78, 5) is 23.6. The highest BCUT2D eigenvalue weighted by molar-refractivity contribution is 6.06. The molecule has 1 atom stereocenters. The summed E-state index contributed by atoms with van der Waals surface area (Å²) in [7, 11) is 1.59. The fourth-order valence-electron chi connectivity index (χ4n) is 2.18. The molecule has 0 aromatic heterocycles. The van der Waals surface area contributed by atoms with Crippen molar-refractivity contribution in [2.75, 3.05) is 13.7 Å². The maximum Gasteiger partial charge on any atom is 0.331 e. The summed E-state index contributed by atoms with van der Waals surface area (Å²) in [5, 5.41) is 5.45. The van der Waals surface area contributed by atoms with Gasteiger partial charge >= 0.3 is 5.97 Å². The highest BCUT2D eigenvalue weighted by atomic mass is 16.5. The predicted octanol–water partition coefficient (Wildman–Crippen LogP) is 1.58. The number of methoxy groups -OCH3 is 1. The average Bonchev–Trinajstić information content (AvgIpc) is 2.93. The molecule has 6 heteroatoms. The summed E-state index contributed by atoms with van der Waals surface area (Å²) in [5.74, 6) is 0.0271. The van der Waals surface area contributed by atoms with Crippen molar-refractivity contribution in [2.24, 2.45) is 5.10 Å². The van der Waals surface area contributed by atoms with Gasteiger partial charge in [0.25, 0.3) is 0 Å². The van der Waals surface area contributed by atoms with Crippen molar-refractivity contribution < 1.29 is 19.1 Å². The Morgan fingerprint density at radius 2 is 2.00 bits per heavy atom. The molecule has 0 fully saturated rings. The fourth-order valence-corrected chi connectivity index (χ4v) is 2.18. The maximum absolute atomic E-state index is 11.9. The standard InChI is InChI=1S/C15H18N2O4/c1-4-21-15(19)14-9-13(16-17(14)10(2)18)11-5-7-12(20-3)8-6-11/h5-8,14H,4,9H2,1-3H3/t14-/m1/s1.